The molecule has 17 heavy (non-hydrogen) atoms. The molecule has 1 aromatic heterocycles. The molecule has 0 radical (unpaired) electrons. The van der Waals surface area contributed by atoms with Crippen LogP contribution in [0.15, 0.2) is 0 Å². The Kier molecular flexibility index (Phi) is 6.05. The molecular formula is C13H25N3O. The molecule has 0 aliphatic heterocycles. The Morgan fingerprint density at radius 3 is 2.59 bits per heavy atom. The van der Waals surface area contributed by atoms with Crippen LogP contribution in [0.3, 0.4) is 0 Å². The maximum Gasteiger partial charge on any atom is 0.162 e. The Bertz CT molecular complexity index is 334. The van der Waals surface area contributed by atoms with Gasteiger partial charge in [0.15, 0.2) is 5.75 Å². The summed E-state index contributed by atoms with van der Waals surface area (Å²) in [5.74, 6) is 0.958. The molecule has 0 unspecified atom stereocenters. The van der Waals surface area contributed by atoms with Crippen LogP contribution in [0.25, 0.3) is 0 Å². The molecule has 1 N–H and O–H groups in total. The van der Waals surface area contributed by atoms with E-state index in [2.05, 4.69) is 17.3 Å². The topological polar surface area (TPSA) is 39.1 Å². The summed E-state index contributed by atoms with van der Waals surface area (Å²) in [5.41, 5.74) is 2.09. The Morgan fingerprint density at radius 2 is 2.00 bits per heavy atom. The summed E-state index contributed by atoms with van der Waals surface area (Å²) in [6, 6.07) is 0. The lowest BCUT2D eigenvalue weighted by Gasteiger charge is -2.06. The molecule has 1 heterocycles. The number of nitrogens with one attached hydrogen (secondary N) is 1. The van der Waals surface area contributed by atoms with Gasteiger partial charge in [0, 0.05) is 7.05 Å². The number of unbranched alkanes of at least 4 members (excludes halogenated alkanes) is 2. The van der Waals surface area contributed by atoms with Crippen LogP contribution in [0.2, 0.25) is 0 Å². The van der Waals surface area contributed by atoms with Gasteiger partial charge in [-0.25, -0.2) is 0 Å². The third-order valence-electron chi connectivity index (χ3n) is 2.94. The molecule has 0 spiro atoms. The third-order valence-corrected chi connectivity index (χ3v) is 2.94. The maximum atomic E-state index is 5.79. The minimum Gasteiger partial charge on any atom is -0.490 e. The number of hydrogen-bond donors (Lipinski definition) is 1. The fourth-order valence-corrected chi connectivity index (χ4v) is 1.84. The highest BCUT2D eigenvalue weighted by Crippen LogP contribution is 2.21. The van der Waals surface area contributed by atoms with Crippen LogP contribution in [0.1, 0.15) is 37.6 Å². The van der Waals surface area contributed by atoms with Crippen molar-refractivity contribution < 1.29 is 4.74 Å². The van der Waals surface area contributed by atoms with Crippen molar-refractivity contribution in [3.63, 3.8) is 0 Å². The summed E-state index contributed by atoms with van der Waals surface area (Å²) in [6.07, 6.45) is 3.55. The molecule has 0 atom stereocenters. The number of nitrogens with zero attached hydrogens (tertiary/aromatic N) is 2. The van der Waals surface area contributed by atoms with Gasteiger partial charge in [0.1, 0.15) is 5.69 Å². The number of rotatable bonds is 8. The quantitative estimate of drug-likeness (QED) is 0.707. The van der Waals surface area contributed by atoms with Crippen molar-refractivity contribution in [2.75, 3.05) is 19.7 Å². The lowest BCUT2D eigenvalue weighted by atomic mass is 10.2. The fourth-order valence-electron chi connectivity index (χ4n) is 1.84. The number of hydrogen-bond acceptors (Lipinski definition) is 3. The van der Waals surface area contributed by atoms with Gasteiger partial charge in [0.05, 0.1) is 12.3 Å². The summed E-state index contributed by atoms with van der Waals surface area (Å²) in [5, 5.41) is 7.66. The van der Waals surface area contributed by atoms with Gasteiger partial charge in [-0.15, -0.1) is 0 Å². The Balaban J connectivity index is 2.18. The van der Waals surface area contributed by atoms with Gasteiger partial charge in [0.25, 0.3) is 0 Å². The van der Waals surface area contributed by atoms with Crippen molar-refractivity contribution >= 4 is 0 Å². The zero-order valence-corrected chi connectivity index (χ0v) is 11.5. The average molecular weight is 239 g/mol. The molecular weight excluding hydrogens is 214 g/mol. The first-order valence-corrected chi connectivity index (χ1v) is 6.50. The highest BCUT2D eigenvalue weighted by molar-refractivity contribution is 5.31. The molecule has 98 valence electrons. The first-order valence-electron chi connectivity index (χ1n) is 6.50. The third kappa shape index (κ3) is 4.38. The van der Waals surface area contributed by atoms with Crippen molar-refractivity contribution in [1.29, 1.82) is 0 Å². The van der Waals surface area contributed by atoms with E-state index in [9.17, 15) is 0 Å². The van der Waals surface area contributed by atoms with Crippen LogP contribution in [-0.4, -0.2) is 29.5 Å². The van der Waals surface area contributed by atoms with Gasteiger partial charge in [-0.2, -0.15) is 5.10 Å². The maximum absolute atomic E-state index is 5.79. The van der Waals surface area contributed by atoms with Gasteiger partial charge < -0.3 is 10.1 Å². The highest BCUT2D eigenvalue weighted by atomic mass is 16.5. The molecule has 0 aliphatic rings. The van der Waals surface area contributed by atoms with Crippen LogP contribution < -0.4 is 10.1 Å². The zero-order valence-electron chi connectivity index (χ0n) is 11.5. The second kappa shape index (κ2) is 7.33. The van der Waals surface area contributed by atoms with Crippen LogP contribution in [0, 0.1) is 13.8 Å². The minimum absolute atomic E-state index is 0.791. The van der Waals surface area contributed by atoms with Crippen LogP contribution >= 0.6 is 0 Å². The fraction of sp³-hybridized carbons (Fsp3) is 0.769. The van der Waals surface area contributed by atoms with Gasteiger partial charge >= 0.3 is 0 Å². The number of aryl methyl sites for hydroxylation is 2. The molecule has 0 bridgehead atoms. The molecule has 1 aromatic rings. The summed E-state index contributed by atoms with van der Waals surface area (Å²) in [4.78, 5) is 0. The van der Waals surface area contributed by atoms with Crippen LogP contribution in [0.4, 0.5) is 0 Å². The zero-order chi connectivity index (χ0) is 12.7. The van der Waals surface area contributed by atoms with E-state index in [1.165, 1.54) is 12.8 Å². The van der Waals surface area contributed by atoms with E-state index in [1.54, 1.807) is 0 Å². The first-order chi connectivity index (χ1) is 8.16. The number of aromatic nitrogens is 2. The largest absolute Gasteiger partial charge is 0.490 e. The predicted molar refractivity (Wildman–Crippen MR) is 70.6 cm³/mol. The highest BCUT2D eigenvalue weighted by Gasteiger charge is 2.09. The van der Waals surface area contributed by atoms with Crippen LogP contribution in [-0.2, 0) is 7.05 Å². The standard InChI is InChI=1S/C13H25N3O/c1-5-14-9-7-6-8-10-17-13-11(2)15-16(4)12(13)3/h14H,5-10H2,1-4H3. The average Bonchev–Trinajstić information content (AvgIpc) is 2.54. The second-order valence-electron chi connectivity index (χ2n) is 4.39. The van der Waals surface area contributed by atoms with Crippen molar-refractivity contribution in [3.05, 3.63) is 11.4 Å². The molecule has 0 fully saturated rings. The Labute approximate surface area is 104 Å². The smallest absolute Gasteiger partial charge is 0.162 e. The van der Waals surface area contributed by atoms with Crippen molar-refractivity contribution in [2.45, 2.75) is 40.0 Å². The van der Waals surface area contributed by atoms with E-state index in [0.29, 0.717) is 0 Å². The second-order valence-corrected chi connectivity index (χ2v) is 4.39. The molecule has 1 rings (SSSR count). The Morgan fingerprint density at radius 1 is 1.24 bits per heavy atom. The lowest BCUT2D eigenvalue weighted by molar-refractivity contribution is 0.301. The summed E-state index contributed by atoms with van der Waals surface area (Å²) >= 11 is 0. The van der Waals surface area contributed by atoms with E-state index in [1.807, 2.05) is 25.6 Å². The van der Waals surface area contributed by atoms with Crippen LogP contribution in [0.5, 0.6) is 5.75 Å². The Hall–Kier alpha value is -1.03. The van der Waals surface area contributed by atoms with E-state index >= 15 is 0 Å². The van der Waals surface area contributed by atoms with Gasteiger partial charge in [-0.1, -0.05) is 6.92 Å². The lowest BCUT2D eigenvalue weighted by Crippen LogP contribution is -2.14. The van der Waals surface area contributed by atoms with Gasteiger partial charge in [-0.05, 0) is 46.2 Å². The van der Waals surface area contributed by atoms with E-state index in [4.69, 9.17) is 4.74 Å². The van der Waals surface area contributed by atoms with Crippen molar-refractivity contribution in [3.8, 4) is 5.75 Å². The predicted octanol–water partition coefficient (Wildman–Crippen LogP) is 2.20. The van der Waals surface area contributed by atoms with Gasteiger partial charge in [0.2, 0.25) is 0 Å². The first kappa shape index (κ1) is 14.0. The molecule has 0 saturated heterocycles. The monoisotopic (exact) mass is 239 g/mol. The molecule has 0 saturated carbocycles. The summed E-state index contributed by atoms with van der Waals surface area (Å²) < 4.78 is 7.66. The van der Waals surface area contributed by atoms with E-state index < -0.39 is 0 Å². The van der Waals surface area contributed by atoms with Gasteiger partial charge in [-0.3, -0.25) is 4.68 Å². The molecule has 0 amide bonds. The molecule has 0 aromatic carbocycles. The molecule has 4 nitrogen and oxygen atoms in total. The molecule has 4 heteroatoms. The minimum atomic E-state index is 0.791. The van der Waals surface area contributed by atoms with Crippen molar-refractivity contribution in [2.24, 2.45) is 7.05 Å². The van der Waals surface area contributed by atoms with E-state index in [-0.39, 0.29) is 0 Å². The molecule has 0 aliphatic carbocycles. The summed E-state index contributed by atoms with van der Waals surface area (Å²) in [6.45, 7) is 9.14. The van der Waals surface area contributed by atoms with E-state index in [0.717, 1.165) is 43.3 Å². The summed E-state index contributed by atoms with van der Waals surface area (Å²) in [7, 11) is 1.95. The number of ether oxygens (including phenoxy) is 1. The van der Waals surface area contributed by atoms with Crippen molar-refractivity contribution in [1.82, 2.24) is 15.1 Å². The SMILES string of the molecule is CCNCCCCCOc1c(C)nn(C)c1C. The normalized spacial score (nSPS) is 10.8.